The molecule has 0 aliphatic rings. The van der Waals surface area contributed by atoms with Crippen molar-refractivity contribution in [3.05, 3.63) is 86.7 Å². The lowest BCUT2D eigenvalue weighted by molar-refractivity contribution is -0.116. The maximum absolute atomic E-state index is 12.6. The molecule has 4 aromatic rings. The number of para-hydroxylation sites is 1. The van der Waals surface area contributed by atoms with Crippen LogP contribution in [0.25, 0.3) is 5.65 Å². The minimum atomic E-state index is -0.417. The van der Waals surface area contributed by atoms with Gasteiger partial charge in [-0.15, -0.1) is 0 Å². The van der Waals surface area contributed by atoms with E-state index < -0.39 is 11.9 Å². The number of likely N-dealkylation sites (N-methyl/N-ethyl adjacent to an activating group) is 1. The number of nitrogens with zero attached hydrogens (tertiary/aromatic N) is 3. The number of pyridine rings is 1. The van der Waals surface area contributed by atoms with Crippen molar-refractivity contribution >= 4 is 68.1 Å². The molecule has 0 aliphatic carbocycles. The summed E-state index contributed by atoms with van der Waals surface area (Å²) >= 11 is 16.5. The van der Waals surface area contributed by atoms with E-state index in [4.69, 9.17) is 27.9 Å². The maximum atomic E-state index is 12.6. The highest BCUT2D eigenvalue weighted by Gasteiger charge is 2.18. The number of hydrogen-bond acceptors (Lipinski definition) is 4. The molecule has 2 heterocycles. The van der Waals surface area contributed by atoms with E-state index in [-0.39, 0.29) is 18.2 Å². The number of imidazole rings is 1. The fourth-order valence-electron chi connectivity index (χ4n) is 3.43. The third-order valence-corrected chi connectivity index (χ3v) is 7.04. The lowest BCUT2D eigenvalue weighted by Gasteiger charge is -2.18. The van der Waals surface area contributed by atoms with Gasteiger partial charge in [0.2, 0.25) is 5.91 Å². The summed E-state index contributed by atoms with van der Waals surface area (Å²) in [6.45, 7) is 1.77. The number of hydrogen-bond donors (Lipinski definition) is 2. The topological polar surface area (TPSA) is 88.0 Å². The van der Waals surface area contributed by atoms with Crippen LogP contribution in [0.4, 0.5) is 16.2 Å². The van der Waals surface area contributed by atoms with E-state index in [9.17, 15) is 9.59 Å². The van der Waals surface area contributed by atoms with Crippen LogP contribution in [-0.4, -0.2) is 39.8 Å². The highest BCUT2D eigenvalue weighted by atomic mass is 79.9. The molecule has 186 valence electrons. The van der Waals surface area contributed by atoms with Crippen molar-refractivity contribution in [3.8, 4) is 5.75 Å². The number of halogens is 3. The van der Waals surface area contributed by atoms with Gasteiger partial charge in [-0.05, 0) is 59.3 Å². The Hall–Kier alpha value is -3.27. The number of amides is 3. The molecule has 0 unspecified atom stereocenters. The van der Waals surface area contributed by atoms with Gasteiger partial charge in [-0.25, -0.2) is 9.78 Å². The van der Waals surface area contributed by atoms with E-state index in [1.165, 1.54) is 11.9 Å². The molecular formula is C25H22BrCl2N5O3. The van der Waals surface area contributed by atoms with Gasteiger partial charge in [-0.2, -0.15) is 0 Å². The minimum absolute atomic E-state index is 0.0595. The van der Waals surface area contributed by atoms with Crippen molar-refractivity contribution in [3.63, 3.8) is 0 Å². The molecule has 2 aromatic carbocycles. The van der Waals surface area contributed by atoms with Crippen LogP contribution in [0.2, 0.25) is 10.0 Å². The number of carbonyl (C=O) groups excluding carboxylic acids is 2. The second-order valence-electron chi connectivity index (χ2n) is 7.93. The van der Waals surface area contributed by atoms with E-state index in [1.54, 1.807) is 30.3 Å². The number of ether oxygens (including phenoxy) is 1. The molecule has 0 saturated carbocycles. The van der Waals surface area contributed by atoms with Gasteiger partial charge in [0.25, 0.3) is 0 Å². The first-order chi connectivity index (χ1) is 17.2. The van der Waals surface area contributed by atoms with Crippen LogP contribution in [0.5, 0.6) is 5.75 Å². The van der Waals surface area contributed by atoms with Crippen LogP contribution in [0.3, 0.4) is 0 Å². The summed E-state index contributed by atoms with van der Waals surface area (Å²) in [5, 5.41) is 6.11. The zero-order chi connectivity index (χ0) is 25.8. The van der Waals surface area contributed by atoms with Gasteiger partial charge in [0.15, 0.2) is 11.4 Å². The zero-order valence-corrected chi connectivity index (χ0v) is 22.5. The number of anilines is 2. The van der Waals surface area contributed by atoms with Crippen LogP contribution in [-0.2, 0) is 11.4 Å². The number of aromatic nitrogens is 2. The maximum Gasteiger partial charge on any atom is 0.322 e. The van der Waals surface area contributed by atoms with E-state index in [0.29, 0.717) is 33.4 Å². The molecule has 0 fully saturated rings. The molecule has 3 amide bonds. The van der Waals surface area contributed by atoms with Crippen LogP contribution in [0, 0.1) is 6.92 Å². The Bertz CT molecular complexity index is 1430. The molecule has 2 N–H and O–H groups in total. The van der Waals surface area contributed by atoms with Crippen molar-refractivity contribution in [2.75, 3.05) is 24.2 Å². The Balaban J connectivity index is 1.43. The predicted molar refractivity (Wildman–Crippen MR) is 145 cm³/mol. The lowest BCUT2D eigenvalue weighted by atomic mass is 10.2. The highest BCUT2D eigenvalue weighted by Crippen LogP contribution is 2.33. The number of rotatable bonds is 7. The van der Waals surface area contributed by atoms with Gasteiger partial charge < -0.3 is 20.3 Å². The average Bonchev–Trinajstić information content (AvgIpc) is 3.15. The molecular weight excluding hydrogens is 569 g/mol. The first-order valence-corrected chi connectivity index (χ1v) is 12.4. The molecule has 4 rings (SSSR count). The largest absolute Gasteiger partial charge is 0.485 e. The molecule has 0 spiro atoms. The first-order valence-electron chi connectivity index (χ1n) is 10.8. The third-order valence-electron chi connectivity index (χ3n) is 5.30. The van der Waals surface area contributed by atoms with E-state index in [1.807, 2.05) is 41.8 Å². The minimum Gasteiger partial charge on any atom is -0.485 e. The summed E-state index contributed by atoms with van der Waals surface area (Å²) in [5.74, 6) is 0.137. The first kappa shape index (κ1) is 25.8. The second-order valence-corrected chi connectivity index (χ2v) is 9.47. The fraction of sp³-hybridized carbons (Fsp3) is 0.160. The Morgan fingerprint density at radius 1 is 1.08 bits per heavy atom. The Morgan fingerprint density at radius 3 is 2.58 bits per heavy atom. The predicted octanol–water partition coefficient (Wildman–Crippen LogP) is 6.39. The van der Waals surface area contributed by atoms with Crippen molar-refractivity contribution in [1.29, 1.82) is 0 Å². The molecule has 36 heavy (non-hydrogen) atoms. The van der Waals surface area contributed by atoms with Crippen LogP contribution < -0.4 is 15.4 Å². The molecule has 0 radical (unpaired) electrons. The van der Waals surface area contributed by atoms with Gasteiger partial charge in [0, 0.05) is 29.5 Å². The monoisotopic (exact) mass is 589 g/mol. The highest BCUT2D eigenvalue weighted by molar-refractivity contribution is 9.10. The molecule has 0 saturated heterocycles. The Morgan fingerprint density at radius 2 is 1.83 bits per heavy atom. The van der Waals surface area contributed by atoms with Crippen LogP contribution >= 0.6 is 39.1 Å². The number of carbonyl (C=O) groups is 2. The molecule has 2 aromatic heterocycles. The fourth-order valence-corrected chi connectivity index (χ4v) is 4.34. The quantitative estimate of drug-likeness (QED) is 0.261. The Labute approximate surface area is 226 Å². The number of benzene rings is 2. The summed E-state index contributed by atoms with van der Waals surface area (Å²) in [5.41, 5.74) is 2.98. The molecule has 0 atom stereocenters. The van der Waals surface area contributed by atoms with E-state index >= 15 is 0 Å². The van der Waals surface area contributed by atoms with Gasteiger partial charge in [-0.3, -0.25) is 9.20 Å². The average molecular weight is 591 g/mol. The second kappa shape index (κ2) is 11.2. The van der Waals surface area contributed by atoms with Gasteiger partial charge in [0.1, 0.15) is 17.8 Å². The van der Waals surface area contributed by atoms with Gasteiger partial charge >= 0.3 is 6.03 Å². The summed E-state index contributed by atoms with van der Waals surface area (Å²) in [6, 6.07) is 15.4. The lowest BCUT2D eigenvalue weighted by Crippen LogP contribution is -2.37. The standard InChI is InChI=1S/C25H22BrCl2N5O3/c1-15-23(26)33-12-6-9-20(24(33)29-15)36-14-17-18(27)10-11-19(22(17)28)31-21(34)13-32(2)25(35)30-16-7-4-3-5-8-16/h3-12H,13-14H2,1-2H3,(H,30,35)(H,31,34). The molecule has 0 aliphatic heterocycles. The summed E-state index contributed by atoms with van der Waals surface area (Å²) in [7, 11) is 1.52. The molecule has 0 bridgehead atoms. The van der Waals surface area contributed by atoms with E-state index in [0.717, 1.165) is 10.3 Å². The van der Waals surface area contributed by atoms with Crippen LogP contribution in [0.1, 0.15) is 11.3 Å². The summed E-state index contributed by atoms with van der Waals surface area (Å²) in [6.07, 6.45) is 1.87. The van der Waals surface area contributed by atoms with Crippen molar-refractivity contribution in [2.24, 2.45) is 0 Å². The van der Waals surface area contributed by atoms with Crippen LogP contribution in [0.15, 0.2) is 65.4 Å². The zero-order valence-electron chi connectivity index (χ0n) is 19.4. The number of urea groups is 1. The van der Waals surface area contributed by atoms with Gasteiger partial charge in [0.05, 0.1) is 16.4 Å². The molecule has 11 heteroatoms. The van der Waals surface area contributed by atoms with Crippen molar-refractivity contribution in [1.82, 2.24) is 14.3 Å². The van der Waals surface area contributed by atoms with Gasteiger partial charge in [-0.1, -0.05) is 41.4 Å². The molecule has 8 nitrogen and oxygen atoms in total. The number of fused-ring (bicyclic) bond motifs is 1. The summed E-state index contributed by atoms with van der Waals surface area (Å²) in [4.78, 5) is 30.8. The SMILES string of the molecule is Cc1nc2c(OCc3c(Cl)ccc(NC(=O)CN(C)C(=O)Nc4ccccc4)c3Cl)cccn2c1Br. The Kier molecular flexibility index (Phi) is 8.03. The third kappa shape index (κ3) is 5.75. The summed E-state index contributed by atoms with van der Waals surface area (Å²) < 4.78 is 8.71. The normalized spacial score (nSPS) is 10.8. The van der Waals surface area contributed by atoms with E-state index in [2.05, 4.69) is 31.5 Å². The van der Waals surface area contributed by atoms with Crippen molar-refractivity contribution in [2.45, 2.75) is 13.5 Å². The van der Waals surface area contributed by atoms with Crippen molar-refractivity contribution < 1.29 is 14.3 Å². The smallest absolute Gasteiger partial charge is 0.322 e. The number of nitrogens with one attached hydrogen (secondary N) is 2. The number of aryl methyl sites for hydroxylation is 1.